The van der Waals surface area contributed by atoms with Gasteiger partial charge in [-0.2, -0.15) is 0 Å². The lowest BCUT2D eigenvalue weighted by molar-refractivity contribution is -0.118. The maximum absolute atomic E-state index is 12.9. The molecule has 0 saturated carbocycles. The van der Waals surface area contributed by atoms with Gasteiger partial charge in [0.2, 0.25) is 0 Å². The molecule has 0 atom stereocenters. The van der Waals surface area contributed by atoms with Crippen molar-refractivity contribution in [2.75, 3.05) is 11.9 Å². The zero-order valence-corrected chi connectivity index (χ0v) is 12.5. The molecule has 0 aromatic heterocycles. The molecule has 0 spiro atoms. The van der Waals surface area contributed by atoms with Crippen molar-refractivity contribution in [3.8, 4) is 5.75 Å². The number of Topliss-reactive ketones (excluding diaryl/α,β-unsaturated/α-hetero) is 1. The van der Waals surface area contributed by atoms with E-state index >= 15 is 0 Å². The minimum absolute atomic E-state index is 0.0892. The molecule has 0 radical (unpaired) electrons. The summed E-state index contributed by atoms with van der Waals surface area (Å²) in [6, 6.07) is 10.2. The van der Waals surface area contributed by atoms with Crippen LogP contribution in [-0.2, 0) is 4.79 Å². The summed E-state index contributed by atoms with van der Waals surface area (Å²) >= 11 is 5.79. The van der Waals surface area contributed by atoms with Crippen molar-refractivity contribution < 1.29 is 18.7 Å². The topological polar surface area (TPSA) is 55.4 Å². The Morgan fingerprint density at radius 2 is 2.00 bits per heavy atom. The number of ketones is 1. The van der Waals surface area contributed by atoms with Crippen molar-refractivity contribution in [3.63, 3.8) is 0 Å². The zero-order chi connectivity index (χ0) is 16.1. The van der Waals surface area contributed by atoms with Crippen LogP contribution in [0, 0.1) is 5.82 Å². The number of hydrogen-bond donors (Lipinski definition) is 1. The van der Waals surface area contributed by atoms with Crippen LogP contribution in [0.2, 0.25) is 5.02 Å². The minimum atomic E-state index is -0.483. The van der Waals surface area contributed by atoms with Crippen LogP contribution >= 0.6 is 11.6 Å². The van der Waals surface area contributed by atoms with Crippen LogP contribution in [0.4, 0.5) is 10.1 Å². The minimum Gasteiger partial charge on any atom is -0.482 e. The Bertz CT molecular complexity index is 718. The highest BCUT2D eigenvalue weighted by Crippen LogP contribution is 2.24. The molecule has 2 aromatic rings. The molecular formula is C16H13ClFNO3. The highest BCUT2D eigenvalue weighted by Gasteiger charge is 2.08. The Morgan fingerprint density at radius 1 is 1.23 bits per heavy atom. The van der Waals surface area contributed by atoms with Crippen molar-refractivity contribution in [3.05, 3.63) is 58.9 Å². The van der Waals surface area contributed by atoms with Gasteiger partial charge in [0, 0.05) is 11.3 Å². The summed E-state index contributed by atoms with van der Waals surface area (Å²) in [5.74, 6) is -0.773. The zero-order valence-electron chi connectivity index (χ0n) is 11.7. The second kappa shape index (κ2) is 7.04. The Hall–Kier alpha value is -2.40. The molecule has 0 saturated heterocycles. The van der Waals surface area contributed by atoms with Crippen LogP contribution < -0.4 is 10.1 Å². The highest BCUT2D eigenvalue weighted by molar-refractivity contribution is 6.32. The van der Waals surface area contributed by atoms with Gasteiger partial charge in [-0.05, 0) is 37.3 Å². The molecule has 0 unspecified atom stereocenters. The largest absolute Gasteiger partial charge is 0.482 e. The maximum Gasteiger partial charge on any atom is 0.262 e. The van der Waals surface area contributed by atoms with E-state index in [1.165, 1.54) is 19.1 Å². The molecule has 1 N–H and O–H groups in total. The molecule has 0 aliphatic carbocycles. The fraction of sp³-hybridized carbons (Fsp3) is 0.125. The first-order chi connectivity index (χ1) is 10.5. The van der Waals surface area contributed by atoms with Crippen LogP contribution in [0.25, 0.3) is 0 Å². The van der Waals surface area contributed by atoms with E-state index < -0.39 is 11.7 Å². The van der Waals surface area contributed by atoms with E-state index in [0.29, 0.717) is 11.3 Å². The van der Waals surface area contributed by atoms with Crippen LogP contribution in [0.15, 0.2) is 42.5 Å². The van der Waals surface area contributed by atoms with Gasteiger partial charge >= 0.3 is 0 Å². The maximum atomic E-state index is 12.9. The summed E-state index contributed by atoms with van der Waals surface area (Å²) < 4.78 is 18.1. The van der Waals surface area contributed by atoms with Gasteiger partial charge in [-0.25, -0.2) is 4.39 Å². The smallest absolute Gasteiger partial charge is 0.262 e. The number of rotatable bonds is 5. The summed E-state index contributed by atoms with van der Waals surface area (Å²) in [5.41, 5.74) is 0.992. The van der Waals surface area contributed by atoms with Crippen molar-refractivity contribution in [2.45, 2.75) is 6.92 Å². The first-order valence-corrected chi connectivity index (χ1v) is 6.82. The average Bonchev–Trinajstić information content (AvgIpc) is 2.46. The predicted molar refractivity (Wildman–Crippen MR) is 82.0 cm³/mol. The van der Waals surface area contributed by atoms with Crippen LogP contribution in [0.3, 0.4) is 0 Å². The number of halogens is 2. The van der Waals surface area contributed by atoms with Crippen LogP contribution in [0.5, 0.6) is 5.75 Å². The van der Waals surface area contributed by atoms with E-state index in [-0.39, 0.29) is 23.2 Å². The second-order valence-corrected chi connectivity index (χ2v) is 4.96. The lowest BCUT2D eigenvalue weighted by atomic mass is 10.1. The molecule has 2 rings (SSSR count). The van der Waals surface area contributed by atoms with E-state index in [2.05, 4.69) is 5.32 Å². The number of hydrogen-bond acceptors (Lipinski definition) is 3. The summed E-state index contributed by atoms with van der Waals surface area (Å²) in [5, 5.41) is 2.69. The number of carbonyl (C=O) groups excluding carboxylic acids is 2. The number of benzene rings is 2. The average molecular weight is 322 g/mol. The first kappa shape index (κ1) is 16.0. The van der Waals surface area contributed by atoms with Gasteiger partial charge < -0.3 is 10.1 Å². The van der Waals surface area contributed by atoms with Gasteiger partial charge in [-0.15, -0.1) is 0 Å². The van der Waals surface area contributed by atoms with Gasteiger partial charge in [-0.3, -0.25) is 9.59 Å². The molecule has 0 heterocycles. The lowest BCUT2D eigenvalue weighted by Gasteiger charge is -2.09. The fourth-order valence-electron chi connectivity index (χ4n) is 1.75. The van der Waals surface area contributed by atoms with Crippen molar-refractivity contribution in [1.82, 2.24) is 0 Å². The molecule has 6 heteroatoms. The number of amides is 1. The number of anilines is 1. The van der Waals surface area contributed by atoms with Crippen molar-refractivity contribution in [2.24, 2.45) is 0 Å². The van der Waals surface area contributed by atoms with Gasteiger partial charge in [-0.1, -0.05) is 23.7 Å². The molecule has 2 aromatic carbocycles. The molecule has 22 heavy (non-hydrogen) atoms. The predicted octanol–water partition coefficient (Wildman–Crippen LogP) is 3.70. The summed E-state index contributed by atoms with van der Waals surface area (Å²) in [6.45, 7) is 1.16. The van der Waals surface area contributed by atoms with Gasteiger partial charge in [0.1, 0.15) is 11.6 Å². The first-order valence-electron chi connectivity index (χ1n) is 6.44. The van der Waals surface area contributed by atoms with Gasteiger partial charge in [0.25, 0.3) is 5.91 Å². The van der Waals surface area contributed by atoms with E-state index in [0.717, 1.165) is 6.07 Å². The van der Waals surface area contributed by atoms with E-state index in [1.54, 1.807) is 24.3 Å². The molecule has 0 aliphatic heterocycles. The highest BCUT2D eigenvalue weighted by atomic mass is 35.5. The fourth-order valence-corrected chi connectivity index (χ4v) is 1.97. The number of ether oxygens (including phenoxy) is 1. The normalized spacial score (nSPS) is 10.1. The summed E-state index contributed by atoms with van der Waals surface area (Å²) in [6.07, 6.45) is 0. The number of nitrogens with one attached hydrogen (secondary N) is 1. The Labute approximate surface area is 131 Å². The van der Waals surface area contributed by atoms with Crippen molar-refractivity contribution >= 4 is 29.0 Å². The molecule has 1 amide bonds. The number of carbonyl (C=O) groups is 2. The van der Waals surface area contributed by atoms with Crippen LogP contribution in [-0.4, -0.2) is 18.3 Å². The monoisotopic (exact) mass is 321 g/mol. The summed E-state index contributed by atoms with van der Waals surface area (Å²) in [7, 11) is 0. The Kier molecular flexibility index (Phi) is 5.12. The SMILES string of the molecule is CC(=O)c1cccc(NC(=O)COc2ccc(F)cc2Cl)c1. The Balaban J connectivity index is 1.95. The standard InChI is InChI=1S/C16H13ClFNO3/c1-10(20)11-3-2-4-13(7-11)19-16(21)9-22-15-6-5-12(18)8-14(15)17/h2-8H,9H2,1H3,(H,19,21). The van der Waals surface area contributed by atoms with Gasteiger partial charge in [0.05, 0.1) is 5.02 Å². The third kappa shape index (κ3) is 4.30. The molecule has 114 valence electrons. The van der Waals surface area contributed by atoms with E-state index in [9.17, 15) is 14.0 Å². The molecular weight excluding hydrogens is 309 g/mol. The molecule has 4 nitrogen and oxygen atoms in total. The third-order valence-electron chi connectivity index (χ3n) is 2.81. The summed E-state index contributed by atoms with van der Waals surface area (Å²) in [4.78, 5) is 23.1. The quantitative estimate of drug-likeness (QED) is 0.854. The Morgan fingerprint density at radius 3 is 2.68 bits per heavy atom. The lowest BCUT2D eigenvalue weighted by Crippen LogP contribution is -2.20. The second-order valence-electron chi connectivity index (χ2n) is 4.55. The van der Waals surface area contributed by atoms with Crippen LogP contribution in [0.1, 0.15) is 17.3 Å². The third-order valence-corrected chi connectivity index (χ3v) is 3.10. The van der Waals surface area contributed by atoms with E-state index in [4.69, 9.17) is 16.3 Å². The molecule has 0 aliphatic rings. The van der Waals surface area contributed by atoms with Crippen molar-refractivity contribution in [1.29, 1.82) is 0 Å². The van der Waals surface area contributed by atoms with E-state index in [1.807, 2.05) is 0 Å². The molecule has 0 bridgehead atoms. The molecule has 0 fully saturated rings. The van der Waals surface area contributed by atoms with Gasteiger partial charge in [0.15, 0.2) is 12.4 Å².